The summed E-state index contributed by atoms with van der Waals surface area (Å²) in [7, 11) is 0. The molecular formula is C22H21F3N6O. The number of hydrogen-bond donors (Lipinski definition) is 2. The monoisotopic (exact) mass is 442 g/mol. The van der Waals surface area contributed by atoms with E-state index in [-0.39, 0.29) is 17.7 Å². The zero-order chi connectivity index (χ0) is 22.3. The largest absolute Gasteiger partial charge is 0.419 e. The number of nitrogens with one attached hydrogen (secondary N) is 2. The Bertz CT molecular complexity index is 1180. The van der Waals surface area contributed by atoms with Crippen molar-refractivity contribution in [3.63, 3.8) is 0 Å². The van der Waals surface area contributed by atoms with Gasteiger partial charge < -0.3 is 15.2 Å². The van der Waals surface area contributed by atoms with E-state index in [1.807, 2.05) is 6.92 Å². The Balaban J connectivity index is 1.51. The lowest BCUT2D eigenvalue weighted by Gasteiger charge is -2.24. The molecule has 0 bridgehead atoms. The molecule has 7 nitrogen and oxygen atoms in total. The van der Waals surface area contributed by atoms with Crippen molar-refractivity contribution in [1.82, 2.24) is 25.4 Å². The number of aromatic nitrogens is 4. The lowest BCUT2D eigenvalue weighted by Crippen LogP contribution is -2.38. The highest BCUT2D eigenvalue weighted by molar-refractivity contribution is 5.84. The topological polar surface area (TPSA) is 88.8 Å². The Morgan fingerprint density at radius 3 is 2.78 bits per heavy atom. The molecule has 0 radical (unpaired) electrons. The maximum Gasteiger partial charge on any atom is 0.419 e. The predicted octanol–water partition coefficient (Wildman–Crippen LogP) is 4.01. The van der Waals surface area contributed by atoms with Crippen LogP contribution in [-0.4, -0.2) is 39.2 Å². The van der Waals surface area contributed by atoms with Gasteiger partial charge in [0.15, 0.2) is 0 Å². The van der Waals surface area contributed by atoms with E-state index in [1.54, 1.807) is 18.2 Å². The second kappa shape index (κ2) is 8.01. The summed E-state index contributed by atoms with van der Waals surface area (Å²) in [6.45, 7) is 3.47. The number of nitrogens with zero attached hydrogens (tertiary/aromatic N) is 4. The first kappa shape index (κ1) is 20.6. The van der Waals surface area contributed by atoms with E-state index in [0.717, 1.165) is 37.7 Å². The number of halogens is 3. The summed E-state index contributed by atoms with van der Waals surface area (Å²) in [5.74, 6) is 0.195. The van der Waals surface area contributed by atoms with Crippen LogP contribution in [0.4, 0.5) is 19.1 Å². The highest BCUT2D eigenvalue weighted by Gasteiger charge is 2.37. The molecule has 4 heterocycles. The van der Waals surface area contributed by atoms with Crippen molar-refractivity contribution in [3.05, 3.63) is 58.9 Å². The van der Waals surface area contributed by atoms with Crippen molar-refractivity contribution in [3.8, 4) is 11.3 Å². The van der Waals surface area contributed by atoms with Crippen LogP contribution in [0, 0.1) is 6.92 Å². The summed E-state index contributed by atoms with van der Waals surface area (Å²) in [4.78, 5) is 12.9. The van der Waals surface area contributed by atoms with Gasteiger partial charge in [0.25, 0.3) is 0 Å². The lowest BCUT2D eigenvalue weighted by molar-refractivity contribution is -0.138. The van der Waals surface area contributed by atoms with Gasteiger partial charge >= 0.3 is 6.18 Å². The minimum absolute atomic E-state index is 0.0780. The van der Waals surface area contributed by atoms with Crippen LogP contribution in [-0.2, 0) is 12.6 Å². The van der Waals surface area contributed by atoms with E-state index in [0.29, 0.717) is 34.6 Å². The molecule has 0 spiro atoms. The van der Waals surface area contributed by atoms with Crippen LogP contribution in [0.5, 0.6) is 0 Å². The highest BCUT2D eigenvalue weighted by atomic mass is 19.4. The molecule has 32 heavy (non-hydrogen) atoms. The molecule has 0 amide bonds. The Labute approximate surface area is 182 Å². The summed E-state index contributed by atoms with van der Waals surface area (Å²) in [6, 6.07) is 3.62. The van der Waals surface area contributed by atoms with Gasteiger partial charge in [-0.1, -0.05) is 17.3 Å². The standard InChI is InChI=1S/C22H21F3N6O/c1-12-16(11-32-31-12)19-6-4-14-15(5-7-18(14)29-19)20-17(22(23,24)25)10-27-21(30-20)28-13-3-2-8-26-9-13/h4-6,10-11,13,26H,2-3,7-9H2,1H3,(H,27,28,30)/t13-/m0/s1. The summed E-state index contributed by atoms with van der Waals surface area (Å²) in [5.41, 5.74) is 2.88. The van der Waals surface area contributed by atoms with Crippen LogP contribution in [0.1, 0.15) is 41.1 Å². The number of anilines is 1. The fourth-order valence-electron chi connectivity index (χ4n) is 4.15. The molecule has 166 valence electrons. The molecule has 0 unspecified atom stereocenters. The molecule has 2 N–H and O–H groups in total. The first-order valence-corrected chi connectivity index (χ1v) is 10.4. The first-order chi connectivity index (χ1) is 15.4. The lowest BCUT2D eigenvalue weighted by atomic mass is 10.0. The van der Waals surface area contributed by atoms with Gasteiger partial charge in [-0.25, -0.2) is 9.97 Å². The minimum atomic E-state index is -4.57. The second-order valence-corrected chi connectivity index (χ2v) is 7.97. The summed E-state index contributed by atoms with van der Waals surface area (Å²) in [5, 5.41) is 10.3. The first-order valence-electron chi connectivity index (χ1n) is 10.4. The summed E-state index contributed by atoms with van der Waals surface area (Å²) >= 11 is 0. The van der Waals surface area contributed by atoms with Gasteiger partial charge in [0.05, 0.1) is 28.3 Å². The van der Waals surface area contributed by atoms with Gasteiger partial charge in [0.2, 0.25) is 5.95 Å². The Morgan fingerprint density at radius 2 is 2.06 bits per heavy atom. The van der Waals surface area contributed by atoms with Crippen LogP contribution in [0.25, 0.3) is 16.8 Å². The average molecular weight is 442 g/mol. The van der Waals surface area contributed by atoms with Gasteiger partial charge in [0, 0.05) is 36.3 Å². The van der Waals surface area contributed by atoms with E-state index in [1.165, 1.54) is 6.26 Å². The van der Waals surface area contributed by atoms with E-state index in [9.17, 15) is 13.2 Å². The summed E-state index contributed by atoms with van der Waals surface area (Å²) < 4.78 is 46.4. The molecular weight excluding hydrogens is 421 g/mol. The van der Waals surface area contributed by atoms with Crippen molar-refractivity contribution in [2.75, 3.05) is 18.4 Å². The van der Waals surface area contributed by atoms with Crippen molar-refractivity contribution >= 4 is 11.5 Å². The minimum Gasteiger partial charge on any atom is -0.364 e. The fourth-order valence-corrected chi connectivity index (χ4v) is 4.15. The third kappa shape index (κ3) is 3.86. The molecule has 0 saturated carbocycles. The molecule has 0 aromatic carbocycles. The number of hydrogen-bond acceptors (Lipinski definition) is 7. The van der Waals surface area contributed by atoms with Crippen LogP contribution in [0.2, 0.25) is 0 Å². The number of alkyl halides is 3. The zero-order valence-corrected chi connectivity index (χ0v) is 17.3. The predicted molar refractivity (Wildman–Crippen MR) is 112 cm³/mol. The van der Waals surface area contributed by atoms with Crippen LogP contribution in [0.15, 0.2) is 35.2 Å². The van der Waals surface area contributed by atoms with Crippen molar-refractivity contribution in [2.45, 2.75) is 38.4 Å². The van der Waals surface area contributed by atoms with Crippen molar-refractivity contribution < 1.29 is 17.7 Å². The van der Waals surface area contributed by atoms with E-state index >= 15 is 0 Å². The Kier molecular flexibility index (Phi) is 5.16. The Hall–Kier alpha value is -3.27. The van der Waals surface area contributed by atoms with Gasteiger partial charge in [0.1, 0.15) is 11.8 Å². The van der Waals surface area contributed by atoms with Crippen LogP contribution < -0.4 is 10.6 Å². The normalized spacial score (nSPS) is 18.4. The molecule has 3 aromatic heterocycles. The molecule has 1 fully saturated rings. The quantitative estimate of drug-likeness (QED) is 0.631. The maximum absolute atomic E-state index is 13.8. The molecule has 10 heteroatoms. The SMILES string of the molecule is Cc1nocc1-c1ccc2c(n1)CC=C2c1nc(N[C@H]2CCCNC2)ncc1C(F)(F)F. The van der Waals surface area contributed by atoms with Crippen molar-refractivity contribution in [2.24, 2.45) is 0 Å². The number of piperidine rings is 1. The van der Waals surface area contributed by atoms with Crippen LogP contribution >= 0.6 is 0 Å². The van der Waals surface area contributed by atoms with Gasteiger partial charge in [-0.3, -0.25) is 4.98 Å². The molecule has 2 aliphatic rings. The number of fused-ring (bicyclic) bond motifs is 1. The molecule has 5 rings (SSSR count). The highest BCUT2D eigenvalue weighted by Crippen LogP contribution is 2.40. The summed E-state index contributed by atoms with van der Waals surface area (Å²) in [6.07, 6.45) is 1.86. The number of aryl methyl sites for hydroxylation is 1. The zero-order valence-electron chi connectivity index (χ0n) is 17.3. The third-order valence-corrected chi connectivity index (χ3v) is 5.77. The number of rotatable bonds is 4. The third-order valence-electron chi connectivity index (χ3n) is 5.77. The number of allylic oxidation sites excluding steroid dienone is 1. The van der Waals surface area contributed by atoms with E-state index in [2.05, 4.69) is 30.7 Å². The van der Waals surface area contributed by atoms with Crippen LogP contribution in [0.3, 0.4) is 0 Å². The van der Waals surface area contributed by atoms with Crippen molar-refractivity contribution in [1.29, 1.82) is 0 Å². The van der Waals surface area contributed by atoms with E-state index < -0.39 is 11.7 Å². The van der Waals surface area contributed by atoms with Gasteiger partial charge in [-0.2, -0.15) is 13.2 Å². The van der Waals surface area contributed by atoms with E-state index in [4.69, 9.17) is 4.52 Å². The molecule has 1 saturated heterocycles. The molecule has 1 aliphatic heterocycles. The Morgan fingerprint density at radius 1 is 1.19 bits per heavy atom. The molecule has 3 aromatic rings. The second-order valence-electron chi connectivity index (χ2n) is 7.97. The average Bonchev–Trinajstić information content (AvgIpc) is 3.39. The molecule has 1 aliphatic carbocycles. The number of pyridine rings is 1. The molecule has 1 atom stereocenters. The van der Waals surface area contributed by atoms with Gasteiger partial charge in [-0.15, -0.1) is 0 Å². The smallest absolute Gasteiger partial charge is 0.364 e. The fraction of sp³-hybridized carbons (Fsp3) is 0.364. The maximum atomic E-state index is 13.8. The van der Waals surface area contributed by atoms with Gasteiger partial charge in [-0.05, 0) is 32.4 Å².